The lowest BCUT2D eigenvalue weighted by Gasteiger charge is -2.10. The van der Waals surface area contributed by atoms with Gasteiger partial charge in [-0.1, -0.05) is 23.8 Å². The Morgan fingerprint density at radius 1 is 1.53 bits per heavy atom. The van der Waals surface area contributed by atoms with E-state index < -0.39 is 0 Å². The van der Waals surface area contributed by atoms with Gasteiger partial charge in [0.05, 0.1) is 23.4 Å². The number of thiazole rings is 1. The zero-order valence-electron chi connectivity index (χ0n) is 10.4. The van der Waals surface area contributed by atoms with Crippen LogP contribution in [0.4, 0.5) is 0 Å². The van der Waals surface area contributed by atoms with Gasteiger partial charge in [-0.25, -0.2) is 4.98 Å². The summed E-state index contributed by atoms with van der Waals surface area (Å²) in [4.78, 5) is 5.73. The lowest BCUT2D eigenvalue weighted by molar-refractivity contribution is 0.322. The third-order valence-corrected chi connectivity index (χ3v) is 4.09. The molecule has 19 heavy (non-hydrogen) atoms. The van der Waals surface area contributed by atoms with Crippen molar-refractivity contribution in [2.45, 2.75) is 13.3 Å². The summed E-state index contributed by atoms with van der Waals surface area (Å²) >= 11 is 12.6. The van der Waals surface area contributed by atoms with Crippen LogP contribution in [0.2, 0.25) is 5.02 Å². The number of hydrogen-bond donors (Lipinski definition) is 1. The fourth-order valence-electron chi connectivity index (χ4n) is 1.64. The van der Waals surface area contributed by atoms with Crippen molar-refractivity contribution in [1.82, 2.24) is 4.98 Å². The van der Waals surface area contributed by atoms with E-state index >= 15 is 0 Å². The molecule has 0 bridgehead atoms. The molecule has 6 heteroatoms. The average Bonchev–Trinajstić information content (AvgIpc) is 2.75. The molecule has 2 N–H and O–H groups in total. The van der Waals surface area contributed by atoms with Gasteiger partial charge in [0.15, 0.2) is 0 Å². The fourth-order valence-corrected chi connectivity index (χ4v) is 2.73. The minimum atomic E-state index is 0.306. The van der Waals surface area contributed by atoms with Gasteiger partial charge < -0.3 is 10.5 Å². The normalized spacial score (nSPS) is 10.4. The highest BCUT2D eigenvalue weighted by Gasteiger charge is 2.08. The van der Waals surface area contributed by atoms with Crippen LogP contribution in [0.25, 0.3) is 0 Å². The summed E-state index contributed by atoms with van der Waals surface area (Å²) in [5.74, 6) is 0.627. The Bertz CT molecular complexity index is 598. The van der Waals surface area contributed by atoms with Crippen LogP contribution in [-0.2, 0) is 6.42 Å². The van der Waals surface area contributed by atoms with Gasteiger partial charge in [-0.2, -0.15) is 0 Å². The Kier molecular flexibility index (Phi) is 4.74. The van der Waals surface area contributed by atoms with Gasteiger partial charge in [0, 0.05) is 16.3 Å². The van der Waals surface area contributed by atoms with Gasteiger partial charge in [0.25, 0.3) is 0 Å². The predicted octanol–water partition coefficient (Wildman–Crippen LogP) is 3.36. The summed E-state index contributed by atoms with van der Waals surface area (Å²) in [7, 11) is 0. The summed E-state index contributed by atoms with van der Waals surface area (Å²) in [5, 5.41) is 0.601. The zero-order chi connectivity index (χ0) is 13.8. The van der Waals surface area contributed by atoms with Crippen LogP contribution in [-0.4, -0.2) is 16.6 Å². The van der Waals surface area contributed by atoms with E-state index in [2.05, 4.69) is 4.98 Å². The largest absolute Gasteiger partial charge is 0.492 e. The molecule has 1 heterocycles. The number of hydrogen-bond acceptors (Lipinski definition) is 4. The second-order valence-electron chi connectivity index (χ2n) is 3.96. The smallest absolute Gasteiger partial charge is 0.130 e. The maximum atomic E-state index is 5.95. The molecule has 0 spiro atoms. The third-order valence-electron chi connectivity index (χ3n) is 2.64. The standard InChI is InChI=1S/C13H13ClN2OS2/c1-8-12(19-7-16-8)4-5-17-11-6-9(14)2-3-10(11)13(15)18/h2-3,6-7H,4-5H2,1H3,(H2,15,18). The first kappa shape index (κ1) is 14.2. The maximum Gasteiger partial charge on any atom is 0.130 e. The summed E-state index contributed by atoms with van der Waals surface area (Å²) in [6.07, 6.45) is 0.805. The molecule has 0 fully saturated rings. The Balaban J connectivity index is 2.05. The Hall–Kier alpha value is -1.17. The lowest BCUT2D eigenvalue weighted by atomic mass is 10.2. The first-order valence-electron chi connectivity index (χ1n) is 5.69. The molecule has 0 radical (unpaired) electrons. The van der Waals surface area contributed by atoms with E-state index in [1.54, 1.807) is 29.5 Å². The molecule has 1 aromatic heterocycles. The average molecular weight is 313 g/mol. The van der Waals surface area contributed by atoms with Crippen molar-refractivity contribution < 1.29 is 4.74 Å². The van der Waals surface area contributed by atoms with Crippen molar-refractivity contribution in [3.05, 3.63) is 44.9 Å². The first-order chi connectivity index (χ1) is 9.08. The lowest BCUT2D eigenvalue weighted by Crippen LogP contribution is -2.12. The van der Waals surface area contributed by atoms with E-state index in [9.17, 15) is 0 Å². The van der Waals surface area contributed by atoms with E-state index in [1.165, 1.54) is 4.88 Å². The molecule has 0 saturated carbocycles. The number of benzene rings is 1. The van der Waals surface area contributed by atoms with Crippen LogP contribution < -0.4 is 10.5 Å². The minimum Gasteiger partial charge on any atom is -0.492 e. The molecular weight excluding hydrogens is 300 g/mol. The number of nitrogens with zero attached hydrogens (tertiary/aromatic N) is 1. The molecule has 0 atom stereocenters. The van der Waals surface area contributed by atoms with Gasteiger partial charge in [0.2, 0.25) is 0 Å². The van der Waals surface area contributed by atoms with Gasteiger partial charge in [-0.3, -0.25) is 0 Å². The Labute approximate surface area is 126 Å². The molecule has 100 valence electrons. The highest BCUT2D eigenvalue weighted by Crippen LogP contribution is 2.24. The van der Waals surface area contributed by atoms with Crippen LogP contribution in [0, 0.1) is 6.92 Å². The van der Waals surface area contributed by atoms with Gasteiger partial charge in [0.1, 0.15) is 10.7 Å². The molecule has 2 aromatic rings. The summed E-state index contributed by atoms with van der Waals surface area (Å²) in [6, 6.07) is 5.25. The molecule has 0 aliphatic rings. The van der Waals surface area contributed by atoms with Crippen molar-refractivity contribution in [3.8, 4) is 5.75 Å². The number of nitrogens with two attached hydrogens (primary N) is 1. The molecule has 0 aliphatic carbocycles. The molecule has 0 amide bonds. The van der Waals surface area contributed by atoms with Crippen LogP contribution in [0.5, 0.6) is 5.75 Å². The second-order valence-corrected chi connectivity index (χ2v) is 5.78. The fraction of sp³-hybridized carbons (Fsp3) is 0.231. The number of rotatable bonds is 5. The third kappa shape index (κ3) is 3.65. The Morgan fingerprint density at radius 3 is 2.95 bits per heavy atom. The minimum absolute atomic E-state index is 0.306. The highest BCUT2D eigenvalue weighted by atomic mass is 35.5. The number of aryl methyl sites for hydroxylation is 1. The predicted molar refractivity (Wildman–Crippen MR) is 83.4 cm³/mol. The van der Waals surface area contributed by atoms with Crippen molar-refractivity contribution in [3.63, 3.8) is 0 Å². The molecule has 0 aliphatic heterocycles. The number of aromatic nitrogens is 1. The van der Waals surface area contributed by atoms with Gasteiger partial charge in [-0.15, -0.1) is 11.3 Å². The zero-order valence-corrected chi connectivity index (χ0v) is 12.7. The molecular formula is C13H13ClN2OS2. The quantitative estimate of drug-likeness (QED) is 0.860. The van der Waals surface area contributed by atoms with Crippen molar-refractivity contribution in [1.29, 1.82) is 0 Å². The molecule has 1 aromatic carbocycles. The number of thiocarbonyl (C=S) groups is 1. The topological polar surface area (TPSA) is 48.1 Å². The van der Waals surface area contributed by atoms with Gasteiger partial charge in [-0.05, 0) is 25.1 Å². The monoisotopic (exact) mass is 312 g/mol. The number of ether oxygens (including phenoxy) is 1. The van der Waals surface area contributed by atoms with Crippen molar-refractivity contribution in [2.24, 2.45) is 5.73 Å². The molecule has 2 rings (SSSR count). The Morgan fingerprint density at radius 2 is 2.32 bits per heavy atom. The van der Waals surface area contributed by atoms with E-state index in [0.717, 1.165) is 12.1 Å². The summed E-state index contributed by atoms with van der Waals surface area (Å²) in [6.45, 7) is 2.53. The second kappa shape index (κ2) is 6.32. The van der Waals surface area contributed by atoms with Crippen LogP contribution in [0.1, 0.15) is 16.1 Å². The summed E-state index contributed by atoms with van der Waals surface area (Å²) < 4.78 is 5.73. The van der Waals surface area contributed by atoms with Crippen LogP contribution in [0.15, 0.2) is 23.7 Å². The van der Waals surface area contributed by atoms with E-state index in [-0.39, 0.29) is 0 Å². The summed E-state index contributed by atoms with van der Waals surface area (Å²) in [5.41, 5.74) is 9.25. The SMILES string of the molecule is Cc1ncsc1CCOc1cc(Cl)ccc1C(N)=S. The highest BCUT2D eigenvalue weighted by molar-refractivity contribution is 7.80. The van der Waals surface area contributed by atoms with Crippen molar-refractivity contribution in [2.75, 3.05) is 6.61 Å². The van der Waals surface area contributed by atoms with Gasteiger partial charge >= 0.3 is 0 Å². The van der Waals surface area contributed by atoms with E-state index in [0.29, 0.717) is 27.9 Å². The number of halogens is 1. The van der Waals surface area contributed by atoms with E-state index in [4.69, 9.17) is 34.3 Å². The van der Waals surface area contributed by atoms with Crippen LogP contribution in [0.3, 0.4) is 0 Å². The van der Waals surface area contributed by atoms with Crippen molar-refractivity contribution >= 4 is 40.1 Å². The van der Waals surface area contributed by atoms with Crippen LogP contribution >= 0.6 is 35.2 Å². The maximum absolute atomic E-state index is 5.95. The first-order valence-corrected chi connectivity index (χ1v) is 7.35. The molecule has 3 nitrogen and oxygen atoms in total. The van der Waals surface area contributed by atoms with E-state index in [1.807, 2.05) is 12.4 Å². The molecule has 0 saturated heterocycles. The molecule has 0 unspecified atom stereocenters.